The van der Waals surface area contributed by atoms with Crippen LogP contribution in [-0.2, 0) is 9.59 Å². The third kappa shape index (κ3) is 1.35. The molecule has 2 fully saturated rings. The largest absolute Gasteiger partial charge is 0.368 e. The van der Waals surface area contributed by atoms with Gasteiger partial charge in [0, 0.05) is 13.0 Å². The fourth-order valence-electron chi connectivity index (χ4n) is 2.42. The van der Waals surface area contributed by atoms with Gasteiger partial charge in [0.05, 0.1) is 12.1 Å². The van der Waals surface area contributed by atoms with E-state index in [4.69, 9.17) is 5.73 Å². The molecule has 0 spiro atoms. The number of amides is 1. The second-order valence-electron chi connectivity index (χ2n) is 3.82. The van der Waals surface area contributed by atoms with Crippen LogP contribution in [0, 0.1) is 0 Å². The van der Waals surface area contributed by atoms with E-state index in [1.54, 1.807) is 0 Å². The first-order valence-corrected chi connectivity index (χ1v) is 4.78. The standard InChI is InChI=1S/C9H14N2O2/c10-9(13)7-3-1-2-6-8(12)4-5-11(6)7/h6-7H,1-5H2,(H2,10,13). The van der Waals surface area contributed by atoms with Crippen LogP contribution in [-0.4, -0.2) is 35.2 Å². The van der Waals surface area contributed by atoms with Crippen molar-refractivity contribution < 1.29 is 9.59 Å². The second kappa shape index (κ2) is 3.10. The van der Waals surface area contributed by atoms with E-state index < -0.39 is 0 Å². The normalized spacial score (nSPS) is 34.6. The fraction of sp³-hybridized carbons (Fsp3) is 0.778. The van der Waals surface area contributed by atoms with Gasteiger partial charge in [-0.15, -0.1) is 0 Å². The summed E-state index contributed by atoms with van der Waals surface area (Å²) in [5.74, 6) is 0.00495. The number of hydrogen-bond acceptors (Lipinski definition) is 3. The number of hydrogen-bond donors (Lipinski definition) is 1. The smallest absolute Gasteiger partial charge is 0.234 e. The summed E-state index contributed by atoms with van der Waals surface area (Å²) in [6, 6.07) is -0.198. The quantitative estimate of drug-likeness (QED) is 0.604. The minimum absolute atomic E-state index is 0.00810. The number of carbonyl (C=O) groups excluding carboxylic acids is 2. The van der Waals surface area contributed by atoms with E-state index in [1.165, 1.54) is 0 Å². The highest BCUT2D eigenvalue weighted by Crippen LogP contribution is 2.28. The number of nitrogens with zero attached hydrogens (tertiary/aromatic N) is 1. The summed E-state index contributed by atoms with van der Waals surface area (Å²) in [7, 11) is 0. The molecule has 0 bridgehead atoms. The molecular weight excluding hydrogens is 168 g/mol. The molecule has 2 aliphatic rings. The molecule has 0 aromatic carbocycles. The second-order valence-corrected chi connectivity index (χ2v) is 3.82. The number of piperidine rings is 1. The Balaban J connectivity index is 2.16. The molecule has 0 aliphatic carbocycles. The van der Waals surface area contributed by atoms with Gasteiger partial charge in [0.1, 0.15) is 0 Å². The van der Waals surface area contributed by atoms with Crippen LogP contribution >= 0.6 is 0 Å². The lowest BCUT2D eigenvalue weighted by Gasteiger charge is -2.34. The molecule has 0 saturated carbocycles. The van der Waals surface area contributed by atoms with Crippen molar-refractivity contribution in [2.45, 2.75) is 37.8 Å². The Kier molecular flexibility index (Phi) is 2.07. The summed E-state index contributed by atoms with van der Waals surface area (Å²) in [6.45, 7) is 0.719. The number of nitrogens with two attached hydrogens (primary N) is 1. The maximum absolute atomic E-state index is 11.4. The van der Waals surface area contributed by atoms with Crippen molar-refractivity contribution in [1.29, 1.82) is 0 Å². The maximum Gasteiger partial charge on any atom is 0.234 e. The number of Topliss-reactive ketones (excluding diaryl/α,β-unsaturated/α-hetero) is 1. The van der Waals surface area contributed by atoms with Gasteiger partial charge in [-0.3, -0.25) is 14.5 Å². The molecule has 2 N–H and O–H groups in total. The molecule has 2 heterocycles. The first kappa shape index (κ1) is 8.69. The molecule has 13 heavy (non-hydrogen) atoms. The highest BCUT2D eigenvalue weighted by atomic mass is 16.2. The van der Waals surface area contributed by atoms with Gasteiger partial charge in [0.25, 0.3) is 0 Å². The summed E-state index contributed by atoms with van der Waals surface area (Å²) in [6.07, 6.45) is 3.26. The van der Waals surface area contributed by atoms with Crippen molar-refractivity contribution in [2.75, 3.05) is 6.54 Å². The van der Waals surface area contributed by atoms with Crippen LogP contribution in [0.15, 0.2) is 0 Å². The van der Waals surface area contributed by atoms with Gasteiger partial charge in [-0.1, -0.05) is 0 Å². The van der Waals surface area contributed by atoms with E-state index in [-0.39, 0.29) is 23.8 Å². The zero-order valence-corrected chi connectivity index (χ0v) is 7.53. The molecule has 4 heteroatoms. The number of ketones is 1. The molecule has 2 saturated heterocycles. The Bertz CT molecular complexity index is 252. The lowest BCUT2D eigenvalue weighted by Crippen LogP contribution is -2.50. The van der Waals surface area contributed by atoms with Crippen LogP contribution in [0.1, 0.15) is 25.7 Å². The van der Waals surface area contributed by atoms with Crippen LogP contribution in [0.4, 0.5) is 0 Å². The maximum atomic E-state index is 11.4. The van der Waals surface area contributed by atoms with Gasteiger partial charge in [-0.05, 0) is 19.3 Å². The molecule has 0 aromatic rings. The Hall–Kier alpha value is -0.900. The number of rotatable bonds is 1. The van der Waals surface area contributed by atoms with Gasteiger partial charge in [-0.25, -0.2) is 0 Å². The van der Waals surface area contributed by atoms with Crippen LogP contribution in [0.25, 0.3) is 0 Å². The predicted octanol–water partition coefficient (Wildman–Crippen LogP) is -0.332. The van der Waals surface area contributed by atoms with Crippen LogP contribution in [0.2, 0.25) is 0 Å². The molecule has 72 valence electrons. The topological polar surface area (TPSA) is 63.4 Å². The van der Waals surface area contributed by atoms with Crippen molar-refractivity contribution in [3.8, 4) is 0 Å². The highest BCUT2D eigenvalue weighted by molar-refractivity contribution is 5.88. The first-order valence-electron chi connectivity index (χ1n) is 4.78. The molecule has 0 aromatic heterocycles. The van der Waals surface area contributed by atoms with Gasteiger partial charge in [0.15, 0.2) is 5.78 Å². The third-order valence-corrected chi connectivity index (χ3v) is 3.07. The Morgan fingerprint density at radius 2 is 2.23 bits per heavy atom. The van der Waals surface area contributed by atoms with Gasteiger partial charge in [-0.2, -0.15) is 0 Å². The zero-order valence-electron chi connectivity index (χ0n) is 7.53. The zero-order chi connectivity index (χ0) is 9.42. The van der Waals surface area contributed by atoms with E-state index in [0.717, 1.165) is 25.8 Å². The third-order valence-electron chi connectivity index (χ3n) is 3.07. The predicted molar refractivity (Wildman–Crippen MR) is 47.0 cm³/mol. The van der Waals surface area contributed by atoms with Crippen LogP contribution in [0.5, 0.6) is 0 Å². The molecular formula is C9H14N2O2. The number of primary amides is 1. The fourth-order valence-corrected chi connectivity index (χ4v) is 2.42. The van der Waals surface area contributed by atoms with Crippen molar-refractivity contribution in [3.05, 3.63) is 0 Å². The van der Waals surface area contributed by atoms with E-state index in [9.17, 15) is 9.59 Å². The SMILES string of the molecule is NC(=O)C1CCCC2C(=O)CCN12. The summed E-state index contributed by atoms with van der Waals surface area (Å²) in [5.41, 5.74) is 5.28. The molecule has 1 amide bonds. The summed E-state index contributed by atoms with van der Waals surface area (Å²) >= 11 is 0. The minimum atomic E-state index is -0.278. The van der Waals surface area contributed by atoms with Crippen LogP contribution in [0.3, 0.4) is 0 Å². The van der Waals surface area contributed by atoms with Gasteiger partial charge in [0.2, 0.25) is 5.91 Å². The first-order chi connectivity index (χ1) is 6.20. The van der Waals surface area contributed by atoms with E-state index in [2.05, 4.69) is 0 Å². The molecule has 2 aliphatic heterocycles. The molecule has 2 rings (SSSR count). The highest BCUT2D eigenvalue weighted by Gasteiger charge is 2.41. The minimum Gasteiger partial charge on any atom is -0.368 e. The monoisotopic (exact) mass is 182 g/mol. The Labute approximate surface area is 77.1 Å². The summed E-state index contributed by atoms with van der Waals surface area (Å²) < 4.78 is 0. The van der Waals surface area contributed by atoms with Gasteiger partial charge >= 0.3 is 0 Å². The molecule has 2 unspecified atom stereocenters. The number of carbonyl (C=O) groups is 2. The summed E-state index contributed by atoms with van der Waals surface area (Å²) in [5, 5.41) is 0. The summed E-state index contributed by atoms with van der Waals surface area (Å²) in [4.78, 5) is 24.4. The van der Waals surface area contributed by atoms with Crippen LogP contribution < -0.4 is 5.73 Å². The van der Waals surface area contributed by atoms with Crippen molar-refractivity contribution in [1.82, 2.24) is 4.90 Å². The molecule has 2 atom stereocenters. The van der Waals surface area contributed by atoms with E-state index in [1.807, 2.05) is 4.90 Å². The van der Waals surface area contributed by atoms with Crippen molar-refractivity contribution in [2.24, 2.45) is 5.73 Å². The van der Waals surface area contributed by atoms with E-state index >= 15 is 0 Å². The Morgan fingerprint density at radius 1 is 1.46 bits per heavy atom. The molecule has 0 radical (unpaired) electrons. The lowest BCUT2D eigenvalue weighted by atomic mass is 9.96. The number of fused-ring (bicyclic) bond motifs is 1. The average Bonchev–Trinajstić information content (AvgIpc) is 2.48. The van der Waals surface area contributed by atoms with Crippen molar-refractivity contribution in [3.63, 3.8) is 0 Å². The van der Waals surface area contributed by atoms with Gasteiger partial charge < -0.3 is 5.73 Å². The molecule has 4 nitrogen and oxygen atoms in total. The van der Waals surface area contributed by atoms with E-state index in [0.29, 0.717) is 6.42 Å². The average molecular weight is 182 g/mol. The Morgan fingerprint density at radius 3 is 2.92 bits per heavy atom. The lowest BCUT2D eigenvalue weighted by molar-refractivity contribution is -0.127. The van der Waals surface area contributed by atoms with Crippen molar-refractivity contribution >= 4 is 11.7 Å².